The maximum absolute atomic E-state index is 5.01. The molecule has 1 rings (SSSR count). The van der Waals surface area contributed by atoms with Gasteiger partial charge in [0.15, 0.2) is 0 Å². The van der Waals surface area contributed by atoms with Crippen LogP contribution in [0.25, 0.3) is 0 Å². The Morgan fingerprint density at radius 3 is 3.33 bits per heavy atom. The van der Waals surface area contributed by atoms with Crippen molar-refractivity contribution in [2.45, 2.75) is 0 Å². The zero-order valence-electron chi connectivity index (χ0n) is 4.76. The summed E-state index contributed by atoms with van der Waals surface area (Å²) in [6.45, 7) is 0.327. The van der Waals surface area contributed by atoms with Gasteiger partial charge in [0.05, 0.1) is 5.38 Å². The van der Waals surface area contributed by atoms with Crippen molar-refractivity contribution >= 4 is 11.3 Å². The molecule has 0 aliphatic heterocycles. The standard InChI is InChI=1S/C7H5OS/c1-2-4-8-7-3-5-9-6-7/h1,3,5H,4H2. The lowest BCUT2D eigenvalue weighted by Crippen LogP contribution is -1.90. The summed E-state index contributed by atoms with van der Waals surface area (Å²) in [4.78, 5) is 0. The fraction of sp³-hybridized carbons (Fsp3) is 0.143. The first-order valence-corrected chi connectivity index (χ1v) is 3.33. The topological polar surface area (TPSA) is 9.23 Å². The van der Waals surface area contributed by atoms with E-state index < -0.39 is 0 Å². The highest BCUT2D eigenvalue weighted by atomic mass is 32.1. The molecule has 1 radical (unpaired) electrons. The van der Waals surface area contributed by atoms with E-state index >= 15 is 0 Å². The van der Waals surface area contributed by atoms with Gasteiger partial charge in [0, 0.05) is 0 Å². The van der Waals surface area contributed by atoms with Gasteiger partial charge in [-0.25, -0.2) is 0 Å². The number of thiophene rings is 1. The summed E-state index contributed by atoms with van der Waals surface area (Å²) in [7, 11) is 0. The van der Waals surface area contributed by atoms with Crippen molar-refractivity contribution in [2.24, 2.45) is 0 Å². The molecule has 9 heavy (non-hydrogen) atoms. The summed E-state index contributed by atoms with van der Waals surface area (Å²) in [5, 5.41) is 4.79. The number of ether oxygens (including phenoxy) is 1. The zero-order valence-corrected chi connectivity index (χ0v) is 5.57. The first-order chi connectivity index (χ1) is 4.43. The summed E-state index contributed by atoms with van der Waals surface area (Å²) in [6.07, 6.45) is 4.96. The van der Waals surface area contributed by atoms with Gasteiger partial charge in [0.1, 0.15) is 12.4 Å². The van der Waals surface area contributed by atoms with Crippen LogP contribution >= 0.6 is 11.3 Å². The average molecular weight is 137 g/mol. The van der Waals surface area contributed by atoms with Crippen molar-refractivity contribution in [2.75, 3.05) is 6.61 Å². The molecular weight excluding hydrogens is 132 g/mol. The van der Waals surface area contributed by atoms with Crippen LogP contribution in [-0.4, -0.2) is 6.61 Å². The molecule has 0 bridgehead atoms. The van der Waals surface area contributed by atoms with E-state index in [1.165, 1.54) is 11.3 Å². The maximum Gasteiger partial charge on any atom is 0.148 e. The van der Waals surface area contributed by atoms with Crippen molar-refractivity contribution < 1.29 is 4.74 Å². The number of terminal acetylenes is 1. The van der Waals surface area contributed by atoms with Gasteiger partial charge in [-0.3, -0.25) is 0 Å². The van der Waals surface area contributed by atoms with Crippen LogP contribution in [0.2, 0.25) is 0 Å². The highest BCUT2D eigenvalue weighted by molar-refractivity contribution is 7.07. The zero-order chi connectivity index (χ0) is 6.53. The summed E-state index contributed by atoms with van der Waals surface area (Å²) < 4.78 is 5.01. The van der Waals surface area contributed by atoms with Gasteiger partial charge in [0.2, 0.25) is 0 Å². The Balaban J connectivity index is 2.41. The smallest absolute Gasteiger partial charge is 0.148 e. The van der Waals surface area contributed by atoms with E-state index in [2.05, 4.69) is 11.3 Å². The van der Waals surface area contributed by atoms with E-state index in [1.54, 1.807) is 0 Å². The van der Waals surface area contributed by atoms with Crippen molar-refractivity contribution in [1.82, 2.24) is 0 Å². The molecule has 1 heterocycles. The summed E-state index contributed by atoms with van der Waals surface area (Å²) in [6, 6.07) is 1.84. The highest BCUT2D eigenvalue weighted by Crippen LogP contribution is 2.12. The Morgan fingerprint density at radius 1 is 1.89 bits per heavy atom. The van der Waals surface area contributed by atoms with Gasteiger partial charge in [-0.2, -0.15) is 0 Å². The molecule has 0 aliphatic rings. The lowest BCUT2D eigenvalue weighted by Gasteiger charge is -1.93. The normalized spacial score (nSPS) is 8.33. The molecule has 0 amide bonds. The third-order valence-electron chi connectivity index (χ3n) is 0.758. The molecule has 1 nitrogen and oxygen atoms in total. The minimum atomic E-state index is 0.327. The van der Waals surface area contributed by atoms with Crippen molar-refractivity contribution in [3.8, 4) is 18.1 Å². The molecule has 0 fully saturated rings. The highest BCUT2D eigenvalue weighted by Gasteiger charge is 1.88. The van der Waals surface area contributed by atoms with E-state index in [9.17, 15) is 0 Å². The predicted octanol–water partition coefficient (Wildman–Crippen LogP) is 1.56. The number of rotatable bonds is 2. The number of hydrogen-bond acceptors (Lipinski definition) is 2. The Kier molecular flexibility index (Phi) is 2.17. The van der Waals surface area contributed by atoms with Gasteiger partial charge in [-0.05, 0) is 11.4 Å². The third-order valence-corrected chi connectivity index (χ3v) is 1.35. The van der Waals surface area contributed by atoms with Crippen LogP contribution in [-0.2, 0) is 0 Å². The van der Waals surface area contributed by atoms with Crippen molar-refractivity contribution in [3.05, 3.63) is 16.8 Å². The average Bonchev–Trinajstić information content (AvgIpc) is 2.34. The molecule has 0 spiro atoms. The van der Waals surface area contributed by atoms with Crippen LogP contribution in [0.15, 0.2) is 11.4 Å². The summed E-state index contributed by atoms with van der Waals surface area (Å²) >= 11 is 1.47. The van der Waals surface area contributed by atoms with Crippen LogP contribution < -0.4 is 4.74 Å². The van der Waals surface area contributed by atoms with E-state index in [4.69, 9.17) is 11.2 Å². The van der Waals surface area contributed by atoms with Gasteiger partial charge < -0.3 is 4.74 Å². The molecule has 2 heteroatoms. The van der Waals surface area contributed by atoms with E-state index in [1.807, 2.05) is 11.4 Å². The van der Waals surface area contributed by atoms with E-state index in [-0.39, 0.29) is 0 Å². The predicted molar refractivity (Wildman–Crippen MR) is 37.5 cm³/mol. The molecule has 0 saturated carbocycles. The SMILES string of the molecule is C#CCOc1[c]scc1. The molecule has 1 aromatic rings. The largest absolute Gasteiger partial charge is 0.479 e. The van der Waals surface area contributed by atoms with Crippen LogP contribution in [0.1, 0.15) is 0 Å². The monoisotopic (exact) mass is 137 g/mol. The van der Waals surface area contributed by atoms with Gasteiger partial charge in [-0.1, -0.05) is 5.92 Å². The Hall–Kier alpha value is -0.940. The second kappa shape index (κ2) is 3.16. The number of hydrogen-bond donors (Lipinski definition) is 0. The third kappa shape index (κ3) is 1.79. The van der Waals surface area contributed by atoms with Crippen LogP contribution in [0, 0.1) is 17.7 Å². The first kappa shape index (κ1) is 6.18. The minimum Gasteiger partial charge on any atom is -0.479 e. The molecule has 0 unspecified atom stereocenters. The Bertz CT molecular complexity index is 195. The Labute approximate surface area is 58.3 Å². The molecule has 0 atom stereocenters. The molecule has 0 saturated heterocycles. The summed E-state index contributed by atoms with van der Waals surface area (Å²) in [5.74, 6) is 3.10. The van der Waals surface area contributed by atoms with Gasteiger partial charge in [-0.15, -0.1) is 17.8 Å². The van der Waals surface area contributed by atoms with Crippen LogP contribution in [0.3, 0.4) is 0 Å². The van der Waals surface area contributed by atoms with Gasteiger partial charge in [0.25, 0.3) is 0 Å². The van der Waals surface area contributed by atoms with Crippen LogP contribution in [0.5, 0.6) is 5.75 Å². The lowest BCUT2D eigenvalue weighted by atomic mass is 10.6. The molecule has 0 aliphatic carbocycles. The Morgan fingerprint density at radius 2 is 2.78 bits per heavy atom. The van der Waals surface area contributed by atoms with E-state index in [0.717, 1.165) is 5.75 Å². The lowest BCUT2D eigenvalue weighted by molar-refractivity contribution is 0.371. The fourth-order valence-electron chi connectivity index (χ4n) is 0.419. The first-order valence-electron chi connectivity index (χ1n) is 2.45. The second-order valence-electron chi connectivity index (χ2n) is 1.38. The van der Waals surface area contributed by atoms with Gasteiger partial charge >= 0.3 is 0 Å². The fourth-order valence-corrected chi connectivity index (χ4v) is 0.922. The molecular formula is C7H5OS. The van der Waals surface area contributed by atoms with Crippen molar-refractivity contribution in [1.29, 1.82) is 0 Å². The molecule has 45 valence electrons. The summed E-state index contributed by atoms with van der Waals surface area (Å²) in [5.41, 5.74) is 0. The second-order valence-corrected chi connectivity index (χ2v) is 2.09. The molecule has 1 aromatic heterocycles. The quantitative estimate of drug-likeness (QED) is 0.562. The molecule has 0 aromatic carbocycles. The minimum absolute atomic E-state index is 0.327. The van der Waals surface area contributed by atoms with Crippen molar-refractivity contribution in [3.63, 3.8) is 0 Å². The van der Waals surface area contributed by atoms with E-state index in [0.29, 0.717) is 6.61 Å². The van der Waals surface area contributed by atoms with Crippen LogP contribution in [0.4, 0.5) is 0 Å². The maximum atomic E-state index is 5.01. The molecule has 0 N–H and O–H groups in total.